The van der Waals surface area contributed by atoms with Crippen LogP contribution in [-0.2, 0) is 16.1 Å². The van der Waals surface area contributed by atoms with Gasteiger partial charge in [-0.05, 0) is 6.07 Å². The molecule has 0 atom stereocenters. The summed E-state index contributed by atoms with van der Waals surface area (Å²) in [4.78, 5) is 14.3. The third kappa shape index (κ3) is 2.80. The van der Waals surface area contributed by atoms with Gasteiger partial charge in [-0.15, -0.1) is 0 Å². The lowest BCUT2D eigenvalue weighted by molar-refractivity contribution is -0.142. The van der Waals surface area contributed by atoms with Crippen LogP contribution in [0.5, 0.6) is 0 Å². The fourth-order valence-electron chi connectivity index (χ4n) is 0.607. The number of pyridine rings is 1. The van der Waals surface area contributed by atoms with E-state index < -0.39 is 0 Å². The Morgan fingerprint density at radius 1 is 1.82 bits per heavy atom. The first-order valence-corrected chi connectivity index (χ1v) is 3.24. The van der Waals surface area contributed by atoms with Crippen molar-refractivity contribution in [3.63, 3.8) is 0 Å². The van der Waals surface area contributed by atoms with Crippen LogP contribution in [0.25, 0.3) is 0 Å². The van der Waals surface area contributed by atoms with Crippen molar-refractivity contribution in [2.45, 2.75) is 13.5 Å². The molecule has 3 heteroatoms. The van der Waals surface area contributed by atoms with Gasteiger partial charge >= 0.3 is 5.97 Å². The number of hydrogen-bond donors (Lipinski definition) is 0. The minimum absolute atomic E-state index is 0.205. The highest BCUT2D eigenvalue weighted by atomic mass is 16.5. The Morgan fingerprint density at radius 2 is 2.64 bits per heavy atom. The van der Waals surface area contributed by atoms with Gasteiger partial charge in [0.25, 0.3) is 0 Å². The van der Waals surface area contributed by atoms with Gasteiger partial charge in [-0.1, -0.05) is 6.07 Å². The molecular weight excluding hydrogens is 142 g/mol. The first-order valence-electron chi connectivity index (χ1n) is 3.24. The number of hydrogen-bond acceptors (Lipinski definition) is 3. The summed E-state index contributed by atoms with van der Waals surface area (Å²) in [6, 6.07) is 6.32. The van der Waals surface area contributed by atoms with Crippen LogP contribution in [0.4, 0.5) is 0 Å². The highest BCUT2D eigenvalue weighted by Crippen LogP contribution is 1.94. The van der Waals surface area contributed by atoms with E-state index in [-0.39, 0.29) is 12.6 Å². The van der Waals surface area contributed by atoms with Crippen molar-refractivity contribution in [3.8, 4) is 0 Å². The smallest absolute Gasteiger partial charge is 0.303 e. The summed E-state index contributed by atoms with van der Waals surface area (Å²) in [6.45, 7) is 1.57. The van der Waals surface area contributed by atoms with Crippen LogP contribution in [0.3, 0.4) is 0 Å². The lowest BCUT2D eigenvalue weighted by Crippen LogP contribution is -1.99. The Hall–Kier alpha value is -1.38. The largest absolute Gasteiger partial charge is 0.459 e. The first-order chi connectivity index (χ1) is 5.29. The number of esters is 1. The molecule has 0 unspecified atom stereocenters. The molecule has 0 aliphatic carbocycles. The van der Waals surface area contributed by atoms with Gasteiger partial charge in [-0.2, -0.15) is 0 Å². The molecule has 0 spiro atoms. The molecule has 1 radical (unpaired) electrons. The second-order valence-corrected chi connectivity index (χ2v) is 2.01. The van der Waals surface area contributed by atoms with E-state index in [1.807, 2.05) is 0 Å². The van der Waals surface area contributed by atoms with Crippen LogP contribution in [0.2, 0.25) is 0 Å². The fourth-order valence-corrected chi connectivity index (χ4v) is 0.607. The lowest BCUT2D eigenvalue weighted by Gasteiger charge is -1.98. The molecule has 0 aromatic carbocycles. The van der Waals surface area contributed by atoms with Crippen LogP contribution in [0, 0.1) is 6.07 Å². The Labute approximate surface area is 65.0 Å². The average molecular weight is 150 g/mol. The quantitative estimate of drug-likeness (QED) is 0.589. The van der Waals surface area contributed by atoms with Gasteiger partial charge in [-0.25, -0.2) is 0 Å². The van der Waals surface area contributed by atoms with Gasteiger partial charge in [0.05, 0.1) is 5.69 Å². The molecule has 1 heterocycles. The maximum Gasteiger partial charge on any atom is 0.303 e. The third-order valence-electron chi connectivity index (χ3n) is 1.07. The molecule has 0 saturated carbocycles. The van der Waals surface area contributed by atoms with E-state index in [2.05, 4.69) is 11.1 Å². The van der Waals surface area contributed by atoms with Crippen molar-refractivity contribution >= 4 is 5.97 Å². The number of carbonyl (C=O) groups excluding carboxylic acids is 1. The van der Waals surface area contributed by atoms with Gasteiger partial charge in [0.2, 0.25) is 0 Å². The molecule has 1 rings (SSSR count). The number of carbonyl (C=O) groups is 1. The summed E-state index contributed by atoms with van der Waals surface area (Å²) in [5.74, 6) is -0.302. The van der Waals surface area contributed by atoms with Crippen molar-refractivity contribution in [2.75, 3.05) is 0 Å². The van der Waals surface area contributed by atoms with Crippen LogP contribution in [0.15, 0.2) is 18.3 Å². The summed E-state index contributed by atoms with van der Waals surface area (Å²) in [5, 5.41) is 0. The minimum Gasteiger partial charge on any atom is -0.459 e. The zero-order valence-electron chi connectivity index (χ0n) is 6.20. The van der Waals surface area contributed by atoms with Crippen molar-refractivity contribution in [1.82, 2.24) is 4.98 Å². The molecule has 0 N–H and O–H groups in total. The van der Waals surface area contributed by atoms with E-state index in [0.717, 1.165) is 0 Å². The second kappa shape index (κ2) is 3.71. The lowest BCUT2D eigenvalue weighted by atomic mass is 10.4. The molecule has 0 saturated heterocycles. The van der Waals surface area contributed by atoms with Gasteiger partial charge < -0.3 is 4.74 Å². The Balaban J connectivity index is 2.45. The minimum atomic E-state index is -0.302. The van der Waals surface area contributed by atoms with Crippen LogP contribution in [-0.4, -0.2) is 11.0 Å². The monoisotopic (exact) mass is 150 g/mol. The van der Waals surface area contributed by atoms with E-state index in [1.54, 1.807) is 18.3 Å². The fraction of sp³-hybridized carbons (Fsp3) is 0.250. The number of rotatable bonds is 2. The Morgan fingerprint density at radius 3 is 3.18 bits per heavy atom. The topological polar surface area (TPSA) is 39.2 Å². The van der Waals surface area contributed by atoms with E-state index in [9.17, 15) is 4.79 Å². The molecule has 0 aliphatic rings. The van der Waals surface area contributed by atoms with Crippen LogP contribution < -0.4 is 0 Å². The van der Waals surface area contributed by atoms with E-state index in [1.165, 1.54) is 6.92 Å². The molecular formula is C8H8NO2. The van der Waals surface area contributed by atoms with E-state index >= 15 is 0 Å². The van der Waals surface area contributed by atoms with Crippen LogP contribution >= 0.6 is 0 Å². The number of ether oxygens (including phenoxy) is 1. The molecule has 0 bridgehead atoms. The SMILES string of the molecule is CC(=O)OCc1[c]cccn1. The highest BCUT2D eigenvalue weighted by Gasteiger charge is 1.95. The van der Waals surface area contributed by atoms with Crippen LogP contribution in [0.1, 0.15) is 12.6 Å². The summed E-state index contributed by atoms with van der Waals surface area (Å²) in [6.07, 6.45) is 1.63. The van der Waals surface area contributed by atoms with E-state index in [0.29, 0.717) is 5.69 Å². The Bertz CT molecular complexity index is 233. The zero-order chi connectivity index (χ0) is 8.10. The molecule has 0 fully saturated rings. The number of aromatic nitrogens is 1. The Kier molecular flexibility index (Phi) is 2.60. The van der Waals surface area contributed by atoms with Gasteiger partial charge in [-0.3, -0.25) is 9.78 Å². The molecule has 1 aromatic heterocycles. The second-order valence-electron chi connectivity index (χ2n) is 2.01. The first kappa shape index (κ1) is 7.72. The van der Waals surface area contributed by atoms with Crippen molar-refractivity contribution in [1.29, 1.82) is 0 Å². The zero-order valence-corrected chi connectivity index (χ0v) is 6.20. The highest BCUT2D eigenvalue weighted by molar-refractivity contribution is 5.65. The van der Waals surface area contributed by atoms with Gasteiger partial charge in [0, 0.05) is 19.2 Å². The molecule has 1 aromatic rings. The summed E-state index contributed by atoms with van der Waals surface area (Å²) < 4.78 is 4.70. The predicted octanol–water partition coefficient (Wildman–Crippen LogP) is 0.945. The molecule has 11 heavy (non-hydrogen) atoms. The maximum atomic E-state index is 10.4. The summed E-state index contributed by atoms with van der Waals surface area (Å²) in [5.41, 5.74) is 0.641. The van der Waals surface area contributed by atoms with Crippen molar-refractivity contribution in [3.05, 3.63) is 30.1 Å². The van der Waals surface area contributed by atoms with Gasteiger partial charge in [0.15, 0.2) is 0 Å². The standard InChI is InChI=1S/C8H8NO2/c1-7(10)11-6-8-4-2-3-5-9-8/h2-3,5H,6H2,1H3. The van der Waals surface area contributed by atoms with Crippen molar-refractivity contribution < 1.29 is 9.53 Å². The molecule has 0 aliphatic heterocycles. The van der Waals surface area contributed by atoms with Crippen molar-refractivity contribution in [2.24, 2.45) is 0 Å². The van der Waals surface area contributed by atoms with E-state index in [4.69, 9.17) is 4.74 Å². The normalized spacial score (nSPS) is 9.18. The number of nitrogens with zero attached hydrogens (tertiary/aromatic N) is 1. The summed E-state index contributed by atoms with van der Waals surface area (Å²) in [7, 11) is 0. The molecule has 0 amide bonds. The molecule has 57 valence electrons. The third-order valence-corrected chi connectivity index (χ3v) is 1.07. The average Bonchev–Trinajstić information content (AvgIpc) is 2.03. The molecule has 3 nitrogen and oxygen atoms in total. The maximum absolute atomic E-state index is 10.4. The summed E-state index contributed by atoms with van der Waals surface area (Å²) >= 11 is 0. The predicted molar refractivity (Wildman–Crippen MR) is 38.5 cm³/mol. The van der Waals surface area contributed by atoms with Gasteiger partial charge in [0.1, 0.15) is 6.61 Å².